The minimum atomic E-state index is -1.59. The number of aliphatic hydroxyl groups excluding tert-OH is 5. The van der Waals surface area contributed by atoms with Crippen LogP contribution in [0.3, 0.4) is 0 Å². The van der Waals surface area contributed by atoms with Crippen molar-refractivity contribution in [3.05, 3.63) is 160 Å². The van der Waals surface area contributed by atoms with Crippen molar-refractivity contribution in [1.82, 2.24) is 10.6 Å². The third-order valence-corrected chi connectivity index (χ3v) is 10.7. The van der Waals surface area contributed by atoms with Gasteiger partial charge in [-0.05, 0) is 35.4 Å². The summed E-state index contributed by atoms with van der Waals surface area (Å²) in [5.41, 5.74) is 3.40. The average Bonchev–Trinajstić information content (AvgIpc) is 3.71. The number of ether oxygens (including phenoxy) is 5. The van der Waals surface area contributed by atoms with Gasteiger partial charge in [-0.25, -0.2) is 4.79 Å². The van der Waals surface area contributed by atoms with E-state index in [0.717, 1.165) is 0 Å². The maximum Gasteiger partial charge on any atom is 0.339 e. The van der Waals surface area contributed by atoms with Crippen LogP contribution in [0.2, 0.25) is 0 Å². The number of hydrogen-bond donors (Lipinski definition) is 7. The Morgan fingerprint density at radius 2 is 1.49 bits per heavy atom. The Morgan fingerprint density at radius 3 is 2.20 bits per heavy atom. The second kappa shape index (κ2) is 19.9. The zero-order valence-corrected chi connectivity index (χ0v) is 33.0. The topological polar surface area (TPSA) is 223 Å². The maximum absolute atomic E-state index is 14.1. The number of benzene rings is 4. The van der Waals surface area contributed by atoms with Crippen LogP contribution in [0, 0.1) is 0 Å². The molecule has 2 amide bonds. The molecule has 0 bridgehead atoms. The van der Waals surface area contributed by atoms with Gasteiger partial charge in [0.2, 0.25) is 11.7 Å². The highest BCUT2D eigenvalue weighted by Gasteiger charge is 2.55. The molecule has 7 N–H and O–H groups in total. The monoisotopic (exact) mass is 836 g/mol. The van der Waals surface area contributed by atoms with Crippen molar-refractivity contribution in [3.63, 3.8) is 0 Å². The second-order valence-electron chi connectivity index (χ2n) is 14.7. The van der Waals surface area contributed by atoms with Crippen molar-refractivity contribution in [2.24, 2.45) is 0 Å². The summed E-state index contributed by atoms with van der Waals surface area (Å²) in [6.45, 7) is -0.729. The van der Waals surface area contributed by atoms with Crippen LogP contribution in [0.5, 0.6) is 0 Å². The third-order valence-electron chi connectivity index (χ3n) is 10.7. The molecule has 0 spiro atoms. The number of esters is 1. The Kier molecular flexibility index (Phi) is 14.2. The molecule has 15 heteroatoms. The fourth-order valence-corrected chi connectivity index (χ4v) is 7.54. The molecule has 2 heterocycles. The summed E-state index contributed by atoms with van der Waals surface area (Å²) in [6.07, 6.45) is -4.96. The van der Waals surface area contributed by atoms with Gasteiger partial charge < -0.3 is 59.9 Å². The standard InChI is InChI=1S/C46H48N2O13/c49-21-20-47-42(54)30-13-9-11-28(23-30)26-48-43(55)31-24-35(41-36(25-31)60-46(61-41,32-15-3-1-4-16-32)33-17-5-2-6-18-33)58-44(56)34-19-8-7-12-29(34)14-10-22-57-45-40(53)39(52)38(51)37(27-50)59-45/h1-19,23,25,35-41,45,49-53H,20-22,24,26-27H2,(H,47,54)(H,48,55)/t35-,36-,37-,38+,39+,40-,41+,45+/m1/s1. The fraction of sp³-hybridized carbons (Fsp3) is 0.326. The molecule has 3 aliphatic rings. The summed E-state index contributed by atoms with van der Waals surface area (Å²) in [7, 11) is 0. The predicted molar refractivity (Wildman–Crippen MR) is 218 cm³/mol. The fourth-order valence-electron chi connectivity index (χ4n) is 7.54. The number of amides is 2. The summed E-state index contributed by atoms with van der Waals surface area (Å²) in [4.78, 5) is 40.6. The number of carbonyl (C=O) groups is 3. The summed E-state index contributed by atoms with van der Waals surface area (Å²) < 4.78 is 30.9. The van der Waals surface area contributed by atoms with E-state index >= 15 is 0 Å². The highest BCUT2D eigenvalue weighted by atomic mass is 16.8. The minimum Gasteiger partial charge on any atom is -0.456 e. The predicted octanol–water partition coefficient (Wildman–Crippen LogP) is 2.10. The summed E-state index contributed by atoms with van der Waals surface area (Å²) >= 11 is 0. The van der Waals surface area contributed by atoms with E-state index in [1.54, 1.807) is 66.8 Å². The molecule has 0 saturated carbocycles. The van der Waals surface area contributed by atoms with Gasteiger partial charge in [0.15, 0.2) is 6.29 Å². The quantitative estimate of drug-likeness (QED) is 0.0854. The lowest BCUT2D eigenvalue weighted by atomic mass is 9.91. The van der Waals surface area contributed by atoms with Crippen molar-refractivity contribution in [2.75, 3.05) is 26.4 Å². The summed E-state index contributed by atoms with van der Waals surface area (Å²) in [6, 6.07) is 32.2. The Hall–Kier alpha value is -5.59. The molecule has 7 rings (SSSR count). The zero-order valence-electron chi connectivity index (χ0n) is 33.0. The van der Waals surface area contributed by atoms with Gasteiger partial charge in [0.1, 0.15) is 42.7 Å². The highest BCUT2D eigenvalue weighted by molar-refractivity contribution is 5.96. The van der Waals surface area contributed by atoms with E-state index in [9.17, 15) is 34.8 Å². The zero-order chi connectivity index (χ0) is 42.9. The van der Waals surface area contributed by atoms with E-state index in [1.807, 2.05) is 60.7 Å². The molecule has 4 aromatic carbocycles. The Bertz CT molecular complexity index is 2160. The maximum atomic E-state index is 14.1. The van der Waals surface area contributed by atoms with Gasteiger partial charge in [0.05, 0.1) is 25.4 Å². The molecule has 0 aromatic heterocycles. The first-order valence-corrected chi connectivity index (χ1v) is 19.9. The van der Waals surface area contributed by atoms with Crippen molar-refractivity contribution in [3.8, 4) is 0 Å². The van der Waals surface area contributed by atoms with Crippen LogP contribution < -0.4 is 10.6 Å². The number of carbonyl (C=O) groups excluding carboxylic acids is 3. The molecule has 61 heavy (non-hydrogen) atoms. The molecule has 0 radical (unpaired) electrons. The molecule has 0 unspecified atom stereocenters. The summed E-state index contributed by atoms with van der Waals surface area (Å²) in [5, 5.41) is 54.6. The smallest absolute Gasteiger partial charge is 0.339 e. The van der Waals surface area contributed by atoms with Crippen LogP contribution in [0.15, 0.2) is 127 Å². The minimum absolute atomic E-state index is 0.0176. The van der Waals surface area contributed by atoms with Gasteiger partial charge >= 0.3 is 5.97 Å². The molecule has 320 valence electrons. The van der Waals surface area contributed by atoms with Crippen LogP contribution in [0.25, 0.3) is 6.08 Å². The first-order chi connectivity index (χ1) is 29.6. The number of rotatable bonds is 15. The van der Waals surface area contributed by atoms with E-state index in [1.165, 1.54) is 0 Å². The normalized spacial score (nSPS) is 25.6. The van der Waals surface area contributed by atoms with Gasteiger partial charge in [-0.15, -0.1) is 0 Å². The largest absolute Gasteiger partial charge is 0.456 e. The van der Waals surface area contributed by atoms with Crippen LogP contribution in [-0.2, 0) is 40.8 Å². The number of fused-ring (bicyclic) bond motifs is 1. The summed E-state index contributed by atoms with van der Waals surface area (Å²) in [5.74, 6) is -2.90. The van der Waals surface area contributed by atoms with E-state index in [2.05, 4.69) is 10.6 Å². The third kappa shape index (κ3) is 9.81. The van der Waals surface area contributed by atoms with E-state index < -0.39 is 73.3 Å². The van der Waals surface area contributed by atoms with Gasteiger partial charge in [-0.3, -0.25) is 9.59 Å². The molecule has 2 saturated heterocycles. The lowest BCUT2D eigenvalue weighted by Gasteiger charge is -2.39. The first kappa shape index (κ1) is 43.5. The van der Waals surface area contributed by atoms with Gasteiger partial charge in [0, 0.05) is 41.8 Å². The van der Waals surface area contributed by atoms with Crippen LogP contribution in [0.1, 0.15) is 49.4 Å². The molecular weight excluding hydrogens is 789 g/mol. The van der Waals surface area contributed by atoms with Gasteiger partial charge in [-0.2, -0.15) is 0 Å². The van der Waals surface area contributed by atoms with E-state index in [4.69, 9.17) is 28.8 Å². The van der Waals surface area contributed by atoms with Gasteiger partial charge in [-0.1, -0.05) is 103 Å². The first-order valence-electron chi connectivity index (χ1n) is 19.9. The molecule has 2 aliphatic heterocycles. The highest BCUT2D eigenvalue weighted by Crippen LogP contribution is 2.47. The molecule has 8 atom stereocenters. The second-order valence-corrected chi connectivity index (χ2v) is 14.7. The molecule has 4 aromatic rings. The molecule has 2 fully saturated rings. The lowest BCUT2D eigenvalue weighted by molar-refractivity contribution is -0.298. The number of aliphatic hydroxyl groups is 5. The van der Waals surface area contributed by atoms with Crippen molar-refractivity contribution >= 4 is 23.9 Å². The van der Waals surface area contributed by atoms with Gasteiger partial charge in [0.25, 0.3) is 5.91 Å². The SMILES string of the molecule is O=C(NCc1cccc(C(=O)NCCO)c1)C1=C[C@H]2OC(c3ccccc3)(c3ccccc3)O[C@H]2[C@H](OC(=O)c2ccccc2C=CCO[C@H]2O[C@H](CO)[C@H](O)[C@H](O)[C@H]2O)C1. The van der Waals surface area contributed by atoms with Crippen molar-refractivity contribution in [1.29, 1.82) is 0 Å². The molecule has 1 aliphatic carbocycles. The van der Waals surface area contributed by atoms with Crippen LogP contribution in [0.4, 0.5) is 0 Å². The Morgan fingerprint density at radius 1 is 0.787 bits per heavy atom. The van der Waals surface area contributed by atoms with E-state index in [0.29, 0.717) is 33.4 Å². The van der Waals surface area contributed by atoms with Crippen molar-refractivity contribution < 1.29 is 63.6 Å². The average molecular weight is 837 g/mol. The number of nitrogens with one attached hydrogen (secondary N) is 2. The van der Waals surface area contributed by atoms with Crippen molar-refractivity contribution in [2.45, 2.75) is 67.8 Å². The van der Waals surface area contributed by atoms with E-state index in [-0.39, 0.29) is 44.2 Å². The Labute approximate surface area is 351 Å². The lowest BCUT2D eigenvalue weighted by Crippen LogP contribution is -2.59. The van der Waals surface area contributed by atoms with Crippen LogP contribution >= 0.6 is 0 Å². The molecular formula is C46H48N2O13. The number of hydrogen-bond acceptors (Lipinski definition) is 13. The van der Waals surface area contributed by atoms with Crippen LogP contribution in [-0.4, -0.2) is 119 Å². The Balaban J connectivity index is 1.12. The molecule has 15 nitrogen and oxygen atoms in total.